The van der Waals surface area contributed by atoms with Crippen LogP contribution in [0.2, 0.25) is 0 Å². The summed E-state index contributed by atoms with van der Waals surface area (Å²) in [4.78, 5) is 0. The first-order valence-electron chi connectivity index (χ1n) is 2.86. The Labute approximate surface area is 69.8 Å². The fourth-order valence-electron chi connectivity index (χ4n) is 0.664. The summed E-state index contributed by atoms with van der Waals surface area (Å²) in [7, 11) is 0.181. The SMILES string of the molecule is O=PCc1ccc(Br)cc1. The molecule has 52 valence electrons. The lowest BCUT2D eigenvalue weighted by atomic mass is 10.2. The van der Waals surface area contributed by atoms with E-state index in [1.807, 2.05) is 24.3 Å². The Balaban J connectivity index is 2.78. The zero-order valence-electron chi connectivity index (χ0n) is 5.25. The van der Waals surface area contributed by atoms with E-state index in [1.54, 1.807) is 0 Å². The molecule has 0 fully saturated rings. The van der Waals surface area contributed by atoms with Crippen LogP contribution in [0.4, 0.5) is 0 Å². The van der Waals surface area contributed by atoms with E-state index in [4.69, 9.17) is 0 Å². The third-order valence-corrected chi connectivity index (χ3v) is 2.18. The summed E-state index contributed by atoms with van der Waals surface area (Å²) in [5.74, 6) is 0. The lowest BCUT2D eigenvalue weighted by molar-refractivity contribution is 0.598. The van der Waals surface area contributed by atoms with Crippen molar-refractivity contribution in [3.05, 3.63) is 34.3 Å². The van der Waals surface area contributed by atoms with Crippen molar-refractivity contribution in [3.8, 4) is 0 Å². The van der Waals surface area contributed by atoms with Crippen molar-refractivity contribution in [2.24, 2.45) is 0 Å². The maximum atomic E-state index is 10.1. The third-order valence-electron chi connectivity index (χ3n) is 1.16. The first-order valence-corrected chi connectivity index (χ1v) is 4.65. The summed E-state index contributed by atoms with van der Waals surface area (Å²) >= 11 is 3.32. The lowest BCUT2D eigenvalue weighted by Crippen LogP contribution is -1.73. The van der Waals surface area contributed by atoms with Gasteiger partial charge in [0.05, 0.1) is 6.16 Å². The Kier molecular flexibility index (Phi) is 3.04. The van der Waals surface area contributed by atoms with Crippen LogP contribution in [-0.4, -0.2) is 0 Å². The molecule has 0 N–H and O–H groups in total. The van der Waals surface area contributed by atoms with Gasteiger partial charge in [-0.05, 0) is 17.7 Å². The number of hydrogen-bond acceptors (Lipinski definition) is 1. The molecule has 1 aromatic rings. The van der Waals surface area contributed by atoms with Crippen LogP contribution in [0, 0.1) is 0 Å². The smallest absolute Gasteiger partial charge is 0.160 e. The molecule has 3 heteroatoms. The summed E-state index contributed by atoms with van der Waals surface area (Å²) in [5, 5.41) is 0. The van der Waals surface area contributed by atoms with E-state index in [1.165, 1.54) is 0 Å². The molecule has 0 saturated heterocycles. The molecule has 1 rings (SSSR count). The van der Waals surface area contributed by atoms with Gasteiger partial charge in [0.15, 0.2) is 8.46 Å². The second-order valence-electron chi connectivity index (χ2n) is 1.91. The van der Waals surface area contributed by atoms with Gasteiger partial charge in [0, 0.05) is 4.47 Å². The maximum Gasteiger partial charge on any atom is 0.160 e. The van der Waals surface area contributed by atoms with Gasteiger partial charge in [-0.1, -0.05) is 28.1 Å². The average Bonchev–Trinajstić information content (AvgIpc) is 1.95. The quantitative estimate of drug-likeness (QED) is 0.695. The molecule has 0 aliphatic rings. The van der Waals surface area contributed by atoms with Gasteiger partial charge in [0.25, 0.3) is 0 Å². The fourth-order valence-corrected chi connectivity index (χ4v) is 1.29. The maximum absolute atomic E-state index is 10.1. The van der Waals surface area contributed by atoms with Gasteiger partial charge in [-0.3, -0.25) is 4.57 Å². The van der Waals surface area contributed by atoms with E-state index in [0.29, 0.717) is 6.16 Å². The van der Waals surface area contributed by atoms with E-state index in [0.717, 1.165) is 10.0 Å². The van der Waals surface area contributed by atoms with Gasteiger partial charge < -0.3 is 0 Å². The Hall–Kier alpha value is -0.200. The van der Waals surface area contributed by atoms with Crippen LogP contribution >= 0.6 is 24.4 Å². The lowest BCUT2D eigenvalue weighted by Gasteiger charge is -1.92. The Morgan fingerprint density at radius 1 is 1.30 bits per heavy atom. The highest BCUT2D eigenvalue weighted by Gasteiger charge is 1.89. The van der Waals surface area contributed by atoms with E-state index in [2.05, 4.69) is 15.9 Å². The van der Waals surface area contributed by atoms with Crippen LogP contribution in [0.5, 0.6) is 0 Å². The molecule has 0 unspecified atom stereocenters. The minimum absolute atomic E-state index is 0.181. The van der Waals surface area contributed by atoms with Gasteiger partial charge in [0.2, 0.25) is 0 Å². The van der Waals surface area contributed by atoms with Gasteiger partial charge in [0.1, 0.15) is 0 Å². The van der Waals surface area contributed by atoms with Crippen molar-refractivity contribution in [2.45, 2.75) is 6.16 Å². The van der Waals surface area contributed by atoms with Gasteiger partial charge in [-0.15, -0.1) is 0 Å². The Morgan fingerprint density at radius 3 is 2.40 bits per heavy atom. The molecule has 0 atom stereocenters. The van der Waals surface area contributed by atoms with Crippen molar-refractivity contribution >= 4 is 24.4 Å². The Morgan fingerprint density at radius 2 is 1.90 bits per heavy atom. The molecule has 0 aliphatic carbocycles. The average molecular weight is 217 g/mol. The van der Waals surface area contributed by atoms with Crippen molar-refractivity contribution in [2.75, 3.05) is 0 Å². The van der Waals surface area contributed by atoms with Crippen LogP contribution < -0.4 is 0 Å². The van der Waals surface area contributed by atoms with Crippen LogP contribution in [0.3, 0.4) is 0 Å². The number of benzene rings is 1. The number of halogens is 1. The summed E-state index contributed by atoms with van der Waals surface area (Å²) in [6.07, 6.45) is 0.604. The van der Waals surface area contributed by atoms with Crippen LogP contribution in [0.15, 0.2) is 28.7 Å². The molecular formula is C7H6BrOP. The zero-order valence-corrected chi connectivity index (χ0v) is 7.73. The predicted molar refractivity (Wildman–Crippen MR) is 45.5 cm³/mol. The van der Waals surface area contributed by atoms with E-state index in [9.17, 15) is 4.57 Å². The fraction of sp³-hybridized carbons (Fsp3) is 0.143. The normalized spacial score (nSPS) is 10.1. The van der Waals surface area contributed by atoms with E-state index in [-0.39, 0.29) is 8.46 Å². The van der Waals surface area contributed by atoms with E-state index >= 15 is 0 Å². The third kappa shape index (κ3) is 2.20. The summed E-state index contributed by atoms with van der Waals surface area (Å²) in [6.45, 7) is 0. The molecule has 0 bridgehead atoms. The highest BCUT2D eigenvalue weighted by molar-refractivity contribution is 9.10. The first-order chi connectivity index (χ1) is 4.83. The molecule has 10 heavy (non-hydrogen) atoms. The van der Waals surface area contributed by atoms with E-state index < -0.39 is 0 Å². The summed E-state index contributed by atoms with van der Waals surface area (Å²) < 4.78 is 11.2. The predicted octanol–water partition coefficient (Wildman–Crippen LogP) is 3.24. The molecule has 0 radical (unpaired) electrons. The molecule has 0 amide bonds. The van der Waals surface area contributed by atoms with Crippen molar-refractivity contribution < 1.29 is 4.57 Å². The number of hydrogen-bond donors (Lipinski definition) is 0. The Bertz CT molecular complexity index is 220. The molecule has 0 saturated carbocycles. The van der Waals surface area contributed by atoms with Gasteiger partial charge in [-0.2, -0.15) is 0 Å². The topological polar surface area (TPSA) is 17.1 Å². The molecular weight excluding hydrogens is 211 g/mol. The highest BCUT2D eigenvalue weighted by Crippen LogP contribution is 2.13. The van der Waals surface area contributed by atoms with Crippen molar-refractivity contribution in [3.63, 3.8) is 0 Å². The summed E-state index contributed by atoms with van der Waals surface area (Å²) in [5.41, 5.74) is 1.10. The summed E-state index contributed by atoms with van der Waals surface area (Å²) in [6, 6.07) is 7.80. The van der Waals surface area contributed by atoms with Gasteiger partial charge in [-0.25, -0.2) is 0 Å². The molecule has 0 spiro atoms. The minimum atomic E-state index is 0.181. The highest BCUT2D eigenvalue weighted by atomic mass is 79.9. The monoisotopic (exact) mass is 216 g/mol. The second kappa shape index (κ2) is 3.85. The molecule has 1 aromatic carbocycles. The standard InChI is InChI=1S/C7H6BrOP/c8-7-3-1-6(2-4-7)5-10-9/h1-4H,5H2. The molecule has 0 heterocycles. The molecule has 1 nitrogen and oxygen atoms in total. The second-order valence-corrected chi connectivity index (χ2v) is 3.40. The van der Waals surface area contributed by atoms with Crippen molar-refractivity contribution in [1.82, 2.24) is 0 Å². The van der Waals surface area contributed by atoms with Crippen LogP contribution in [0.25, 0.3) is 0 Å². The zero-order chi connectivity index (χ0) is 7.40. The van der Waals surface area contributed by atoms with Crippen LogP contribution in [-0.2, 0) is 10.7 Å². The van der Waals surface area contributed by atoms with Crippen molar-refractivity contribution in [1.29, 1.82) is 0 Å². The minimum Gasteiger partial charge on any atom is -0.275 e. The largest absolute Gasteiger partial charge is 0.275 e. The molecule has 0 aliphatic heterocycles. The molecule has 0 aromatic heterocycles. The van der Waals surface area contributed by atoms with Crippen LogP contribution in [0.1, 0.15) is 5.56 Å². The van der Waals surface area contributed by atoms with Gasteiger partial charge >= 0.3 is 0 Å². The first kappa shape index (κ1) is 7.90. The number of rotatable bonds is 2.